The Bertz CT molecular complexity index is 760. The van der Waals surface area contributed by atoms with Gasteiger partial charge in [-0.15, -0.1) is 0 Å². The van der Waals surface area contributed by atoms with Crippen LogP contribution in [-0.4, -0.2) is 15.8 Å². The van der Waals surface area contributed by atoms with Crippen molar-refractivity contribution in [1.29, 1.82) is 0 Å². The lowest BCUT2D eigenvalue weighted by Gasteiger charge is -2.17. The van der Waals surface area contributed by atoms with Gasteiger partial charge in [0.15, 0.2) is 0 Å². The van der Waals surface area contributed by atoms with E-state index in [1.54, 1.807) is 0 Å². The molecule has 0 N–H and O–H groups in total. The monoisotopic (exact) mass is 304 g/mol. The third-order valence-electron chi connectivity index (χ3n) is 4.09. The van der Waals surface area contributed by atoms with Crippen LogP contribution in [0.4, 0.5) is 0 Å². The molecule has 0 aliphatic heterocycles. The van der Waals surface area contributed by atoms with Gasteiger partial charge < -0.3 is 9.36 Å². The van der Waals surface area contributed by atoms with E-state index in [2.05, 4.69) is 52.9 Å². The molecule has 23 heavy (non-hydrogen) atoms. The maximum absolute atomic E-state index is 11.1. The SMILES string of the molecule is Cc1ccc([C@H](CC=O)Cn2ccnc2-c2ccccc2)cc1. The number of nitrogens with zero attached hydrogens (tertiary/aromatic N) is 2. The van der Waals surface area contributed by atoms with Crippen LogP contribution in [0.5, 0.6) is 0 Å². The van der Waals surface area contributed by atoms with Crippen LogP contribution in [0.3, 0.4) is 0 Å². The number of hydrogen-bond acceptors (Lipinski definition) is 2. The van der Waals surface area contributed by atoms with E-state index < -0.39 is 0 Å². The quantitative estimate of drug-likeness (QED) is 0.639. The third kappa shape index (κ3) is 3.57. The van der Waals surface area contributed by atoms with Crippen LogP contribution in [0, 0.1) is 6.92 Å². The van der Waals surface area contributed by atoms with Crippen LogP contribution < -0.4 is 0 Å². The Morgan fingerprint density at radius 1 is 1.09 bits per heavy atom. The summed E-state index contributed by atoms with van der Waals surface area (Å²) in [7, 11) is 0. The van der Waals surface area contributed by atoms with Gasteiger partial charge in [-0.25, -0.2) is 4.98 Å². The van der Waals surface area contributed by atoms with Crippen LogP contribution in [0.1, 0.15) is 23.5 Å². The fraction of sp³-hybridized carbons (Fsp3) is 0.200. The summed E-state index contributed by atoms with van der Waals surface area (Å²) in [5.41, 5.74) is 3.51. The van der Waals surface area contributed by atoms with Crippen molar-refractivity contribution < 1.29 is 4.79 Å². The molecule has 0 unspecified atom stereocenters. The van der Waals surface area contributed by atoms with E-state index in [-0.39, 0.29) is 5.92 Å². The molecular weight excluding hydrogens is 284 g/mol. The minimum atomic E-state index is 0.157. The van der Waals surface area contributed by atoms with Gasteiger partial charge in [0.25, 0.3) is 0 Å². The molecule has 0 aliphatic carbocycles. The highest BCUT2D eigenvalue weighted by atomic mass is 16.1. The highest BCUT2D eigenvalue weighted by Gasteiger charge is 2.14. The molecule has 0 aliphatic rings. The van der Waals surface area contributed by atoms with Crippen molar-refractivity contribution in [2.75, 3.05) is 0 Å². The molecule has 1 heterocycles. The number of aromatic nitrogens is 2. The number of hydrogen-bond donors (Lipinski definition) is 0. The van der Waals surface area contributed by atoms with Gasteiger partial charge in [0.1, 0.15) is 12.1 Å². The van der Waals surface area contributed by atoms with Gasteiger partial charge in [-0.2, -0.15) is 0 Å². The predicted molar refractivity (Wildman–Crippen MR) is 92.3 cm³/mol. The summed E-state index contributed by atoms with van der Waals surface area (Å²) in [4.78, 5) is 15.6. The Labute approximate surface area is 136 Å². The largest absolute Gasteiger partial charge is 0.330 e. The number of rotatable bonds is 6. The molecule has 3 aromatic rings. The maximum Gasteiger partial charge on any atom is 0.139 e. The Morgan fingerprint density at radius 3 is 2.52 bits per heavy atom. The third-order valence-corrected chi connectivity index (χ3v) is 4.09. The molecule has 0 amide bonds. The summed E-state index contributed by atoms with van der Waals surface area (Å²) >= 11 is 0. The molecule has 0 saturated carbocycles. The van der Waals surface area contributed by atoms with E-state index >= 15 is 0 Å². The number of benzene rings is 2. The summed E-state index contributed by atoms with van der Waals surface area (Å²) in [6, 6.07) is 18.6. The zero-order chi connectivity index (χ0) is 16.1. The standard InChI is InChI=1S/C20H20N2O/c1-16-7-9-17(10-8-16)19(11-14-23)15-22-13-12-21-20(22)18-5-3-2-4-6-18/h2-10,12-14,19H,11,15H2,1H3/t19-/m1/s1. The molecule has 0 fully saturated rings. The second-order valence-electron chi connectivity index (χ2n) is 5.78. The maximum atomic E-state index is 11.1. The minimum Gasteiger partial charge on any atom is -0.330 e. The molecule has 3 rings (SSSR count). The Kier molecular flexibility index (Phi) is 4.67. The minimum absolute atomic E-state index is 0.157. The van der Waals surface area contributed by atoms with Crippen LogP contribution in [0.2, 0.25) is 0 Å². The average molecular weight is 304 g/mol. The van der Waals surface area contributed by atoms with Gasteiger partial charge >= 0.3 is 0 Å². The Morgan fingerprint density at radius 2 is 1.83 bits per heavy atom. The van der Waals surface area contributed by atoms with Crippen LogP contribution in [0.15, 0.2) is 67.0 Å². The lowest BCUT2D eigenvalue weighted by atomic mass is 9.95. The number of carbonyl (C=O) groups is 1. The molecular formula is C20H20N2O. The molecule has 2 aromatic carbocycles. The van der Waals surface area contributed by atoms with Gasteiger partial charge in [0.05, 0.1) is 0 Å². The van der Waals surface area contributed by atoms with Crippen LogP contribution in [0.25, 0.3) is 11.4 Å². The van der Waals surface area contributed by atoms with E-state index in [1.165, 1.54) is 11.1 Å². The van der Waals surface area contributed by atoms with E-state index in [4.69, 9.17) is 0 Å². The number of aldehydes is 1. The molecule has 0 saturated heterocycles. The van der Waals surface area contributed by atoms with E-state index in [1.807, 2.05) is 30.6 Å². The van der Waals surface area contributed by atoms with Crippen molar-refractivity contribution in [3.05, 3.63) is 78.1 Å². The van der Waals surface area contributed by atoms with E-state index in [9.17, 15) is 4.79 Å². The van der Waals surface area contributed by atoms with Crippen molar-refractivity contribution >= 4 is 6.29 Å². The van der Waals surface area contributed by atoms with Crippen molar-refractivity contribution in [3.8, 4) is 11.4 Å². The average Bonchev–Trinajstić information content (AvgIpc) is 3.04. The molecule has 0 bridgehead atoms. The summed E-state index contributed by atoms with van der Waals surface area (Å²) < 4.78 is 2.13. The van der Waals surface area contributed by atoms with Gasteiger partial charge in [-0.05, 0) is 12.5 Å². The molecule has 1 atom stereocenters. The highest BCUT2D eigenvalue weighted by Crippen LogP contribution is 2.25. The van der Waals surface area contributed by atoms with Crippen LogP contribution >= 0.6 is 0 Å². The molecule has 3 heteroatoms. The van der Waals surface area contributed by atoms with Gasteiger partial charge in [-0.1, -0.05) is 60.2 Å². The van der Waals surface area contributed by atoms with Crippen molar-refractivity contribution in [2.24, 2.45) is 0 Å². The Balaban J connectivity index is 1.88. The zero-order valence-electron chi connectivity index (χ0n) is 13.2. The number of aryl methyl sites for hydroxylation is 1. The predicted octanol–water partition coefficient (Wildman–Crippen LogP) is 4.23. The second kappa shape index (κ2) is 7.05. The summed E-state index contributed by atoms with van der Waals surface area (Å²) in [6.45, 7) is 2.81. The summed E-state index contributed by atoms with van der Waals surface area (Å²) in [5.74, 6) is 1.10. The van der Waals surface area contributed by atoms with Gasteiger partial charge in [-0.3, -0.25) is 0 Å². The van der Waals surface area contributed by atoms with Crippen molar-refractivity contribution in [1.82, 2.24) is 9.55 Å². The van der Waals surface area contributed by atoms with Gasteiger partial charge in [0.2, 0.25) is 0 Å². The molecule has 3 nitrogen and oxygen atoms in total. The summed E-state index contributed by atoms with van der Waals surface area (Å²) in [5, 5.41) is 0. The molecule has 1 aromatic heterocycles. The first kappa shape index (κ1) is 15.2. The van der Waals surface area contributed by atoms with Crippen LogP contribution in [-0.2, 0) is 11.3 Å². The fourth-order valence-electron chi connectivity index (χ4n) is 2.81. The first-order valence-electron chi connectivity index (χ1n) is 7.84. The summed E-state index contributed by atoms with van der Waals surface area (Å²) in [6.07, 6.45) is 5.31. The molecule has 0 spiro atoms. The van der Waals surface area contributed by atoms with Crippen molar-refractivity contribution in [3.63, 3.8) is 0 Å². The topological polar surface area (TPSA) is 34.9 Å². The van der Waals surface area contributed by atoms with E-state index in [0.29, 0.717) is 6.42 Å². The smallest absolute Gasteiger partial charge is 0.139 e. The first-order chi connectivity index (χ1) is 11.3. The number of carbonyl (C=O) groups excluding carboxylic acids is 1. The Hall–Kier alpha value is -2.68. The highest BCUT2D eigenvalue weighted by molar-refractivity contribution is 5.55. The normalized spacial score (nSPS) is 12.0. The second-order valence-corrected chi connectivity index (χ2v) is 5.78. The van der Waals surface area contributed by atoms with Gasteiger partial charge in [0, 0.05) is 36.8 Å². The first-order valence-corrected chi connectivity index (χ1v) is 7.84. The molecule has 0 radical (unpaired) electrons. The molecule has 116 valence electrons. The van der Waals surface area contributed by atoms with Crippen molar-refractivity contribution in [2.45, 2.75) is 25.8 Å². The lowest BCUT2D eigenvalue weighted by molar-refractivity contribution is -0.108. The number of imidazole rings is 1. The fourth-order valence-corrected chi connectivity index (χ4v) is 2.81. The van der Waals surface area contributed by atoms with E-state index in [0.717, 1.165) is 24.2 Å². The lowest BCUT2D eigenvalue weighted by Crippen LogP contribution is -2.10. The zero-order valence-corrected chi connectivity index (χ0v) is 13.2.